The molecule has 1 fully saturated rings. The second-order valence-corrected chi connectivity index (χ2v) is 5.36. The summed E-state index contributed by atoms with van der Waals surface area (Å²) in [4.78, 5) is 36.2. The fourth-order valence-corrected chi connectivity index (χ4v) is 2.12. The van der Waals surface area contributed by atoms with Gasteiger partial charge in [-0.1, -0.05) is 12.1 Å². The first-order valence-corrected chi connectivity index (χ1v) is 7.18. The van der Waals surface area contributed by atoms with Gasteiger partial charge in [0.1, 0.15) is 0 Å². The molecule has 1 heterocycles. The Hall–Kier alpha value is -2.41. The molecule has 4 N–H and O–H groups in total. The van der Waals surface area contributed by atoms with Crippen LogP contribution in [-0.2, 0) is 11.3 Å². The van der Waals surface area contributed by atoms with Gasteiger partial charge in [0, 0.05) is 18.2 Å². The number of nitrogens with two attached hydrogens (primary N) is 1. The molecular weight excluding hydrogens is 284 g/mol. The van der Waals surface area contributed by atoms with Crippen molar-refractivity contribution in [3.8, 4) is 0 Å². The molecule has 1 unspecified atom stereocenters. The first-order valence-electron chi connectivity index (χ1n) is 7.18. The quantitative estimate of drug-likeness (QED) is 0.653. The number of benzene rings is 1. The molecule has 0 spiro atoms. The summed E-state index contributed by atoms with van der Waals surface area (Å²) in [5.74, 6) is -0.462. The van der Waals surface area contributed by atoms with Crippen LogP contribution in [-0.4, -0.2) is 41.9 Å². The van der Waals surface area contributed by atoms with E-state index in [1.807, 2.05) is 6.92 Å². The normalized spacial score (nSPS) is 15.6. The highest BCUT2D eigenvalue weighted by molar-refractivity contribution is 6.02. The Labute approximate surface area is 128 Å². The molecule has 0 bridgehead atoms. The van der Waals surface area contributed by atoms with Gasteiger partial charge in [-0.05, 0) is 31.0 Å². The third-order valence-electron chi connectivity index (χ3n) is 3.35. The van der Waals surface area contributed by atoms with Crippen molar-refractivity contribution in [2.45, 2.75) is 25.9 Å². The van der Waals surface area contributed by atoms with E-state index in [9.17, 15) is 14.4 Å². The number of hydrogen-bond acceptors (Lipinski definition) is 4. The summed E-state index contributed by atoms with van der Waals surface area (Å²) in [5, 5.41) is 5.25. The summed E-state index contributed by atoms with van der Waals surface area (Å²) < 4.78 is 0. The number of carbonyl (C=O) groups is 3. The van der Waals surface area contributed by atoms with Crippen LogP contribution in [0, 0.1) is 0 Å². The van der Waals surface area contributed by atoms with Crippen molar-refractivity contribution in [1.29, 1.82) is 0 Å². The van der Waals surface area contributed by atoms with E-state index in [0.29, 0.717) is 18.5 Å². The van der Waals surface area contributed by atoms with Crippen LogP contribution in [0.4, 0.5) is 4.79 Å². The van der Waals surface area contributed by atoms with Gasteiger partial charge >= 0.3 is 6.03 Å². The molecular formula is C15H20N4O3. The number of urea groups is 1. The van der Waals surface area contributed by atoms with Gasteiger partial charge in [-0.25, -0.2) is 4.79 Å². The van der Waals surface area contributed by atoms with Gasteiger partial charge in [0.2, 0.25) is 5.91 Å². The van der Waals surface area contributed by atoms with Crippen molar-refractivity contribution in [2.24, 2.45) is 5.73 Å². The van der Waals surface area contributed by atoms with E-state index in [4.69, 9.17) is 5.73 Å². The first-order chi connectivity index (χ1) is 10.5. The SMILES string of the molecule is CC(N)CCNC(=O)c1cccc(CN2C(=O)CNC2=O)c1. The summed E-state index contributed by atoms with van der Waals surface area (Å²) >= 11 is 0. The highest BCUT2D eigenvalue weighted by Gasteiger charge is 2.28. The second-order valence-electron chi connectivity index (χ2n) is 5.36. The molecule has 1 aromatic carbocycles. The molecule has 0 saturated carbocycles. The fraction of sp³-hybridized carbons (Fsp3) is 0.400. The highest BCUT2D eigenvalue weighted by atomic mass is 16.2. The van der Waals surface area contributed by atoms with E-state index in [1.54, 1.807) is 24.3 Å². The Morgan fingerprint density at radius 3 is 2.86 bits per heavy atom. The average molecular weight is 304 g/mol. The molecule has 0 aromatic heterocycles. The van der Waals surface area contributed by atoms with Crippen LogP contribution in [0.5, 0.6) is 0 Å². The maximum atomic E-state index is 12.0. The van der Waals surface area contributed by atoms with Crippen molar-refractivity contribution in [3.63, 3.8) is 0 Å². The number of hydrogen-bond donors (Lipinski definition) is 3. The molecule has 118 valence electrons. The molecule has 1 atom stereocenters. The predicted octanol–water partition coefficient (Wildman–Crippen LogP) is 0.205. The van der Waals surface area contributed by atoms with Gasteiger partial charge in [0.25, 0.3) is 5.91 Å². The van der Waals surface area contributed by atoms with E-state index in [-0.39, 0.29) is 30.9 Å². The van der Waals surface area contributed by atoms with Gasteiger partial charge in [0.15, 0.2) is 0 Å². The maximum absolute atomic E-state index is 12.0. The van der Waals surface area contributed by atoms with Crippen LogP contribution in [0.2, 0.25) is 0 Å². The lowest BCUT2D eigenvalue weighted by atomic mass is 10.1. The van der Waals surface area contributed by atoms with Crippen molar-refractivity contribution in [2.75, 3.05) is 13.1 Å². The van der Waals surface area contributed by atoms with Crippen molar-refractivity contribution < 1.29 is 14.4 Å². The topological polar surface area (TPSA) is 105 Å². The van der Waals surface area contributed by atoms with Crippen molar-refractivity contribution >= 4 is 17.8 Å². The van der Waals surface area contributed by atoms with E-state index in [0.717, 1.165) is 10.5 Å². The molecule has 1 aliphatic heterocycles. The number of amides is 4. The summed E-state index contributed by atoms with van der Waals surface area (Å²) in [6, 6.07) is 6.51. The van der Waals surface area contributed by atoms with Crippen LogP contribution in [0.15, 0.2) is 24.3 Å². The van der Waals surface area contributed by atoms with E-state index in [1.165, 1.54) is 0 Å². The number of nitrogens with zero attached hydrogens (tertiary/aromatic N) is 1. The Kier molecular flexibility index (Phi) is 5.11. The van der Waals surface area contributed by atoms with E-state index < -0.39 is 6.03 Å². The number of carbonyl (C=O) groups excluding carboxylic acids is 3. The molecule has 4 amide bonds. The fourth-order valence-electron chi connectivity index (χ4n) is 2.12. The average Bonchev–Trinajstić information content (AvgIpc) is 2.79. The van der Waals surface area contributed by atoms with Gasteiger partial charge in [-0.2, -0.15) is 0 Å². The standard InChI is InChI=1S/C15H20N4O3/c1-10(16)5-6-17-14(21)12-4-2-3-11(7-12)9-19-13(20)8-18-15(19)22/h2-4,7,10H,5-6,8-9,16H2,1H3,(H,17,21)(H,18,22). The van der Waals surface area contributed by atoms with E-state index in [2.05, 4.69) is 10.6 Å². The second kappa shape index (κ2) is 7.04. The van der Waals surface area contributed by atoms with Crippen LogP contribution >= 0.6 is 0 Å². The third kappa shape index (κ3) is 4.05. The zero-order valence-corrected chi connectivity index (χ0v) is 12.5. The molecule has 2 rings (SSSR count). The molecule has 0 aliphatic carbocycles. The lowest BCUT2D eigenvalue weighted by Crippen LogP contribution is -2.31. The number of nitrogens with one attached hydrogen (secondary N) is 2. The molecule has 7 heteroatoms. The summed E-state index contributed by atoms with van der Waals surface area (Å²) in [7, 11) is 0. The first kappa shape index (κ1) is 16.0. The predicted molar refractivity (Wildman–Crippen MR) is 81.0 cm³/mol. The van der Waals surface area contributed by atoms with Gasteiger partial charge in [0.05, 0.1) is 13.1 Å². The number of rotatable bonds is 6. The van der Waals surface area contributed by atoms with Crippen LogP contribution in [0.1, 0.15) is 29.3 Å². The van der Waals surface area contributed by atoms with E-state index >= 15 is 0 Å². The summed E-state index contributed by atoms with van der Waals surface area (Å²) in [6.07, 6.45) is 0.702. The Morgan fingerprint density at radius 2 is 2.23 bits per heavy atom. The zero-order valence-electron chi connectivity index (χ0n) is 12.5. The van der Waals surface area contributed by atoms with Crippen LogP contribution in [0.25, 0.3) is 0 Å². The summed E-state index contributed by atoms with van der Waals surface area (Å²) in [5.41, 5.74) is 6.85. The van der Waals surface area contributed by atoms with Crippen LogP contribution in [0.3, 0.4) is 0 Å². The highest BCUT2D eigenvalue weighted by Crippen LogP contribution is 2.11. The lowest BCUT2D eigenvalue weighted by Gasteiger charge is -2.13. The third-order valence-corrected chi connectivity index (χ3v) is 3.35. The largest absolute Gasteiger partial charge is 0.352 e. The number of imide groups is 1. The molecule has 1 saturated heterocycles. The Balaban J connectivity index is 1.99. The Morgan fingerprint density at radius 1 is 1.45 bits per heavy atom. The van der Waals surface area contributed by atoms with Gasteiger partial charge in [-0.15, -0.1) is 0 Å². The van der Waals surface area contributed by atoms with Crippen LogP contribution < -0.4 is 16.4 Å². The lowest BCUT2D eigenvalue weighted by molar-refractivity contribution is -0.125. The molecule has 1 aliphatic rings. The smallest absolute Gasteiger partial charge is 0.324 e. The molecule has 22 heavy (non-hydrogen) atoms. The summed E-state index contributed by atoms with van der Waals surface area (Å²) in [6.45, 7) is 2.57. The molecule has 1 aromatic rings. The molecule has 0 radical (unpaired) electrons. The minimum absolute atomic E-state index is 0.0241. The van der Waals surface area contributed by atoms with Gasteiger partial charge < -0.3 is 16.4 Å². The van der Waals surface area contributed by atoms with Gasteiger partial charge in [-0.3, -0.25) is 14.5 Å². The van der Waals surface area contributed by atoms with Crippen molar-refractivity contribution in [1.82, 2.24) is 15.5 Å². The van der Waals surface area contributed by atoms with Crippen molar-refractivity contribution in [3.05, 3.63) is 35.4 Å². The molecule has 7 nitrogen and oxygen atoms in total. The Bertz CT molecular complexity index is 570. The monoisotopic (exact) mass is 304 g/mol. The minimum atomic E-state index is -0.406. The maximum Gasteiger partial charge on any atom is 0.324 e. The minimum Gasteiger partial charge on any atom is -0.352 e. The zero-order chi connectivity index (χ0) is 16.1.